The van der Waals surface area contributed by atoms with Crippen molar-refractivity contribution in [1.82, 2.24) is 0 Å². The van der Waals surface area contributed by atoms with Crippen molar-refractivity contribution >= 4 is 35.0 Å². The highest BCUT2D eigenvalue weighted by atomic mass is 32.2. The van der Waals surface area contributed by atoms with Crippen LogP contribution in [0.25, 0.3) is 0 Å². The smallest absolute Gasteiger partial charge is 0.326 e. The van der Waals surface area contributed by atoms with Gasteiger partial charge in [0, 0.05) is 17.5 Å². The Morgan fingerprint density at radius 2 is 1.55 bits per heavy atom. The molecule has 0 radical (unpaired) electrons. The molecule has 0 unspecified atom stereocenters. The molecule has 4 nitrogen and oxygen atoms in total. The van der Waals surface area contributed by atoms with Crippen molar-refractivity contribution in [3.8, 4) is 0 Å². The normalized spacial score (nSPS) is 11.3. The zero-order valence-electron chi connectivity index (χ0n) is 14.4. The van der Waals surface area contributed by atoms with E-state index in [0.717, 1.165) is 11.8 Å². The van der Waals surface area contributed by atoms with Crippen LogP contribution in [0.2, 0.25) is 0 Å². The molecule has 0 aromatic heterocycles. The Morgan fingerprint density at radius 1 is 0.966 bits per heavy atom. The second-order valence-electron chi connectivity index (χ2n) is 5.55. The van der Waals surface area contributed by atoms with E-state index in [1.165, 1.54) is 18.3 Å². The Balaban J connectivity index is 2.17. The summed E-state index contributed by atoms with van der Waals surface area (Å²) in [4.78, 5) is 23.3. The molecule has 2 aromatic rings. The van der Waals surface area contributed by atoms with Gasteiger partial charge in [0.1, 0.15) is 11.3 Å². The third-order valence-electron chi connectivity index (χ3n) is 3.34. The van der Waals surface area contributed by atoms with Crippen LogP contribution in [-0.4, -0.2) is 17.6 Å². The molecule has 0 spiro atoms. The number of amides is 2. The largest absolute Gasteiger partial charge is 0.422 e. The van der Waals surface area contributed by atoms with Gasteiger partial charge in [-0.15, -0.1) is 11.8 Å². The van der Waals surface area contributed by atoms with Crippen LogP contribution in [0.5, 0.6) is 0 Å². The molecule has 0 bridgehead atoms. The second-order valence-corrected chi connectivity index (χ2v) is 6.60. The second kappa shape index (κ2) is 8.72. The summed E-state index contributed by atoms with van der Waals surface area (Å²) < 4.78 is 92.3. The molecular weight excluding hydrogens is 429 g/mol. The molecule has 2 rings (SSSR count). The summed E-state index contributed by atoms with van der Waals surface area (Å²) in [6.45, 7) is 1.28. The molecule has 2 aromatic carbocycles. The molecule has 0 aliphatic heterocycles. The van der Waals surface area contributed by atoms with Crippen LogP contribution in [0.3, 0.4) is 0 Å². The number of thioether (sulfide) groups is 1. The van der Waals surface area contributed by atoms with Gasteiger partial charge in [0.05, 0.1) is 5.75 Å². The lowest BCUT2D eigenvalue weighted by molar-refractivity contribution is -0.143. The molecular formula is C17H11F7N2O2S. The first-order valence-corrected chi connectivity index (χ1v) is 8.63. The molecule has 0 aliphatic rings. The van der Waals surface area contributed by atoms with Crippen LogP contribution >= 0.6 is 11.8 Å². The predicted molar refractivity (Wildman–Crippen MR) is 91.4 cm³/mol. The highest BCUT2D eigenvalue weighted by Crippen LogP contribution is 2.38. The zero-order chi connectivity index (χ0) is 21.9. The molecule has 29 heavy (non-hydrogen) atoms. The maximum atomic E-state index is 13.8. The number of anilines is 2. The van der Waals surface area contributed by atoms with Crippen molar-refractivity contribution in [2.45, 2.75) is 18.0 Å². The van der Waals surface area contributed by atoms with Gasteiger partial charge in [0.25, 0.3) is 0 Å². The fourth-order valence-electron chi connectivity index (χ4n) is 2.18. The number of halogens is 7. The number of rotatable bonds is 5. The van der Waals surface area contributed by atoms with Gasteiger partial charge >= 0.3 is 6.18 Å². The van der Waals surface area contributed by atoms with E-state index < -0.39 is 52.4 Å². The van der Waals surface area contributed by atoms with Crippen molar-refractivity contribution < 1.29 is 40.3 Å². The van der Waals surface area contributed by atoms with E-state index >= 15 is 0 Å². The number of carbonyl (C=O) groups excluding carboxylic acids is 2. The van der Waals surface area contributed by atoms with E-state index in [4.69, 9.17) is 0 Å². The zero-order valence-corrected chi connectivity index (χ0v) is 15.2. The van der Waals surface area contributed by atoms with Crippen LogP contribution in [-0.2, 0) is 15.8 Å². The molecule has 156 valence electrons. The van der Waals surface area contributed by atoms with Crippen LogP contribution in [0.15, 0.2) is 29.2 Å². The predicted octanol–water partition coefficient (Wildman–Crippen LogP) is 4.95. The average Bonchev–Trinajstić information content (AvgIpc) is 2.60. The lowest BCUT2D eigenvalue weighted by atomic mass is 10.1. The average molecular weight is 440 g/mol. The molecule has 0 heterocycles. The highest BCUT2D eigenvalue weighted by Gasteiger charge is 2.42. The maximum Gasteiger partial charge on any atom is 0.422 e. The minimum atomic E-state index is -5.67. The van der Waals surface area contributed by atoms with Crippen LogP contribution < -0.4 is 10.6 Å². The third kappa shape index (κ3) is 5.40. The summed E-state index contributed by atoms with van der Waals surface area (Å²) in [5.41, 5.74) is -3.98. The lowest BCUT2D eigenvalue weighted by Gasteiger charge is -2.14. The van der Waals surface area contributed by atoms with Crippen LogP contribution in [0, 0.1) is 23.3 Å². The van der Waals surface area contributed by atoms with Gasteiger partial charge in [-0.3, -0.25) is 9.59 Å². The number of benzene rings is 2. The van der Waals surface area contributed by atoms with E-state index in [-0.39, 0.29) is 5.91 Å². The van der Waals surface area contributed by atoms with E-state index in [9.17, 15) is 40.3 Å². The molecule has 2 N–H and O–H groups in total. The van der Waals surface area contributed by atoms with Gasteiger partial charge < -0.3 is 10.6 Å². The minimum absolute atomic E-state index is 0.345. The van der Waals surface area contributed by atoms with Crippen LogP contribution in [0.1, 0.15) is 12.5 Å². The summed E-state index contributed by atoms with van der Waals surface area (Å²) in [6, 6.07) is 6.13. The van der Waals surface area contributed by atoms with Gasteiger partial charge in [0.15, 0.2) is 23.3 Å². The van der Waals surface area contributed by atoms with Gasteiger partial charge in [-0.1, -0.05) is 6.07 Å². The quantitative estimate of drug-likeness (QED) is 0.393. The molecule has 0 saturated heterocycles. The van der Waals surface area contributed by atoms with Crippen molar-refractivity contribution in [2.75, 3.05) is 16.4 Å². The van der Waals surface area contributed by atoms with Crippen LogP contribution in [0.4, 0.5) is 42.1 Å². The number of carbonyl (C=O) groups is 2. The monoisotopic (exact) mass is 440 g/mol. The van der Waals surface area contributed by atoms with E-state index in [0.29, 0.717) is 10.6 Å². The third-order valence-corrected chi connectivity index (χ3v) is 4.33. The van der Waals surface area contributed by atoms with Crippen molar-refractivity contribution in [1.29, 1.82) is 0 Å². The molecule has 0 saturated carbocycles. The number of hydrogen-bond donors (Lipinski definition) is 2. The lowest BCUT2D eigenvalue weighted by Crippen LogP contribution is -2.21. The summed E-state index contributed by atoms with van der Waals surface area (Å²) in [5.74, 6) is -12.0. The van der Waals surface area contributed by atoms with Crippen molar-refractivity contribution in [3.63, 3.8) is 0 Å². The summed E-state index contributed by atoms with van der Waals surface area (Å²) in [5, 5.41) is 4.02. The standard InChI is InChI=1S/C17H11F7N2O2S/c1-7(27)25-8-3-2-4-9(5-8)29-6-10(28)26-16-14(20)12(18)11(17(22,23)24)13(19)15(16)21/h2-5H,6H2,1H3,(H,25,27)(H,26,28). The van der Waals surface area contributed by atoms with Gasteiger partial charge in [-0.2, -0.15) is 13.2 Å². The Labute approximate surface area is 163 Å². The first kappa shape index (κ1) is 22.5. The Morgan fingerprint density at radius 3 is 2.07 bits per heavy atom. The molecule has 0 aliphatic carbocycles. The molecule has 0 atom stereocenters. The maximum absolute atomic E-state index is 13.8. The van der Waals surface area contributed by atoms with Gasteiger partial charge in [-0.05, 0) is 18.2 Å². The summed E-state index contributed by atoms with van der Waals surface area (Å²) in [7, 11) is 0. The van der Waals surface area contributed by atoms with Crippen molar-refractivity contribution in [2.24, 2.45) is 0 Å². The van der Waals surface area contributed by atoms with Gasteiger partial charge in [0.2, 0.25) is 11.8 Å². The first-order chi connectivity index (χ1) is 13.4. The molecule has 12 heteroatoms. The highest BCUT2D eigenvalue weighted by molar-refractivity contribution is 8.00. The number of alkyl halides is 3. The number of hydrogen-bond acceptors (Lipinski definition) is 3. The summed E-state index contributed by atoms with van der Waals surface area (Å²) >= 11 is 0.841. The first-order valence-electron chi connectivity index (χ1n) is 7.65. The molecule has 0 fully saturated rings. The Bertz CT molecular complexity index is 935. The Kier molecular flexibility index (Phi) is 6.77. The van der Waals surface area contributed by atoms with E-state index in [2.05, 4.69) is 5.32 Å². The van der Waals surface area contributed by atoms with Crippen molar-refractivity contribution in [3.05, 3.63) is 53.1 Å². The summed E-state index contributed by atoms with van der Waals surface area (Å²) in [6.07, 6.45) is -5.67. The number of nitrogens with one attached hydrogen (secondary N) is 2. The fourth-order valence-corrected chi connectivity index (χ4v) is 2.94. The van der Waals surface area contributed by atoms with E-state index in [1.54, 1.807) is 18.2 Å². The van der Waals surface area contributed by atoms with Gasteiger partial charge in [-0.25, -0.2) is 17.6 Å². The van der Waals surface area contributed by atoms with E-state index in [1.807, 2.05) is 0 Å². The SMILES string of the molecule is CC(=O)Nc1cccc(SCC(=O)Nc2c(F)c(F)c(C(F)(F)F)c(F)c2F)c1. The Hall–Kier alpha value is -2.76. The molecule has 2 amide bonds. The fraction of sp³-hybridized carbons (Fsp3) is 0.176. The topological polar surface area (TPSA) is 58.2 Å². The minimum Gasteiger partial charge on any atom is -0.326 e.